The maximum Gasteiger partial charge on any atom is 0.193 e. The second-order valence-corrected chi connectivity index (χ2v) is 7.49. The number of aromatic amines is 1. The summed E-state index contributed by atoms with van der Waals surface area (Å²) in [5.41, 5.74) is 5.00. The van der Waals surface area contributed by atoms with E-state index in [4.69, 9.17) is 4.52 Å². The number of guanidine groups is 1. The molecule has 0 radical (unpaired) electrons. The molecule has 1 aliphatic rings. The predicted octanol–water partition coefficient (Wildman–Crippen LogP) is 2.65. The van der Waals surface area contributed by atoms with Crippen molar-refractivity contribution in [3.05, 3.63) is 53.5 Å². The summed E-state index contributed by atoms with van der Waals surface area (Å²) in [6.45, 7) is 7.83. The molecule has 0 bridgehead atoms. The van der Waals surface area contributed by atoms with Crippen molar-refractivity contribution in [2.45, 2.75) is 26.3 Å². The minimum atomic E-state index is 0.844. The van der Waals surface area contributed by atoms with Crippen LogP contribution in [0.1, 0.15) is 23.7 Å². The fourth-order valence-electron chi connectivity index (χ4n) is 4.08. The highest BCUT2D eigenvalue weighted by atomic mass is 16.5. The molecule has 1 saturated heterocycles. The van der Waals surface area contributed by atoms with E-state index in [9.17, 15) is 0 Å². The molecule has 154 valence electrons. The van der Waals surface area contributed by atoms with E-state index in [1.165, 1.54) is 22.0 Å². The monoisotopic (exact) mass is 394 g/mol. The van der Waals surface area contributed by atoms with Gasteiger partial charge in [0.05, 0.1) is 5.69 Å². The van der Waals surface area contributed by atoms with Gasteiger partial charge in [-0.15, -0.1) is 0 Å². The molecule has 7 heteroatoms. The average Bonchev–Trinajstić information content (AvgIpc) is 3.42. The Labute approximate surface area is 171 Å². The Bertz CT molecular complexity index is 938. The van der Waals surface area contributed by atoms with Crippen LogP contribution in [-0.2, 0) is 19.4 Å². The molecule has 1 fully saturated rings. The number of hydrogen-bond acceptors (Lipinski definition) is 4. The number of fused-ring (bicyclic) bond motifs is 1. The first-order chi connectivity index (χ1) is 14.3. The summed E-state index contributed by atoms with van der Waals surface area (Å²) in [5.74, 6) is 0.986. The van der Waals surface area contributed by atoms with Crippen LogP contribution in [0.3, 0.4) is 0 Å². The van der Waals surface area contributed by atoms with Crippen LogP contribution in [0.2, 0.25) is 0 Å². The SMILES string of the molecule is CCc1cccc2c(CCNC(=NC)N3CCN(Cc4ccon4)CC3)c[nH]c12. The zero-order valence-electron chi connectivity index (χ0n) is 17.3. The molecule has 4 rings (SSSR count). The Morgan fingerprint density at radius 2 is 2.07 bits per heavy atom. The van der Waals surface area contributed by atoms with Gasteiger partial charge in [0.15, 0.2) is 5.96 Å². The van der Waals surface area contributed by atoms with Crippen LogP contribution >= 0.6 is 0 Å². The highest BCUT2D eigenvalue weighted by molar-refractivity contribution is 5.86. The van der Waals surface area contributed by atoms with Crippen molar-refractivity contribution in [1.29, 1.82) is 0 Å². The minimum absolute atomic E-state index is 0.844. The first-order valence-corrected chi connectivity index (χ1v) is 10.4. The fourth-order valence-corrected chi connectivity index (χ4v) is 4.08. The molecule has 0 spiro atoms. The highest BCUT2D eigenvalue weighted by Crippen LogP contribution is 2.22. The Morgan fingerprint density at radius 1 is 1.21 bits per heavy atom. The quantitative estimate of drug-likeness (QED) is 0.497. The van der Waals surface area contributed by atoms with Gasteiger partial charge < -0.3 is 19.7 Å². The van der Waals surface area contributed by atoms with Crippen molar-refractivity contribution >= 4 is 16.9 Å². The number of piperazine rings is 1. The van der Waals surface area contributed by atoms with Gasteiger partial charge in [0.25, 0.3) is 0 Å². The van der Waals surface area contributed by atoms with Gasteiger partial charge in [0, 0.05) is 69.5 Å². The molecule has 2 N–H and O–H groups in total. The third kappa shape index (κ3) is 4.45. The van der Waals surface area contributed by atoms with Crippen LogP contribution in [-0.4, -0.2) is 65.7 Å². The van der Waals surface area contributed by atoms with Gasteiger partial charge in [-0.05, 0) is 24.0 Å². The number of hydrogen-bond donors (Lipinski definition) is 2. The summed E-state index contributed by atoms with van der Waals surface area (Å²) in [6, 6.07) is 8.50. The molecule has 3 heterocycles. The van der Waals surface area contributed by atoms with Crippen molar-refractivity contribution in [2.75, 3.05) is 39.8 Å². The maximum absolute atomic E-state index is 4.93. The van der Waals surface area contributed by atoms with E-state index in [0.717, 1.165) is 63.8 Å². The predicted molar refractivity (Wildman–Crippen MR) is 116 cm³/mol. The highest BCUT2D eigenvalue weighted by Gasteiger charge is 2.20. The standard InChI is InChI=1S/C22H30N6O/c1-3-17-5-4-6-20-18(15-25-21(17)20)7-9-24-22(23-2)28-12-10-27(11-13-28)16-19-8-14-29-26-19/h4-6,8,14-15,25H,3,7,9-13,16H2,1-2H3,(H,23,24). The van der Waals surface area contributed by atoms with Gasteiger partial charge in [-0.3, -0.25) is 9.89 Å². The van der Waals surface area contributed by atoms with E-state index in [-0.39, 0.29) is 0 Å². The molecule has 1 aromatic carbocycles. The molecule has 3 aromatic rings. The number of nitrogens with zero attached hydrogens (tertiary/aromatic N) is 4. The minimum Gasteiger partial charge on any atom is -0.364 e. The lowest BCUT2D eigenvalue weighted by Gasteiger charge is -2.36. The number of aliphatic imine (C=N–C) groups is 1. The molecule has 29 heavy (non-hydrogen) atoms. The van der Waals surface area contributed by atoms with Gasteiger partial charge in [-0.2, -0.15) is 0 Å². The number of aryl methyl sites for hydroxylation is 1. The Hall–Kier alpha value is -2.80. The largest absolute Gasteiger partial charge is 0.364 e. The lowest BCUT2D eigenvalue weighted by Crippen LogP contribution is -2.52. The molecular formula is C22H30N6O. The van der Waals surface area contributed by atoms with Crippen molar-refractivity contribution in [2.24, 2.45) is 4.99 Å². The van der Waals surface area contributed by atoms with E-state index in [0.29, 0.717) is 0 Å². The van der Waals surface area contributed by atoms with E-state index < -0.39 is 0 Å². The summed E-state index contributed by atoms with van der Waals surface area (Å²) >= 11 is 0. The Morgan fingerprint density at radius 3 is 2.79 bits per heavy atom. The number of aromatic nitrogens is 2. The number of rotatable bonds is 6. The molecule has 0 saturated carbocycles. The van der Waals surface area contributed by atoms with Gasteiger partial charge in [0.1, 0.15) is 6.26 Å². The first-order valence-electron chi connectivity index (χ1n) is 10.4. The molecule has 0 atom stereocenters. The van der Waals surface area contributed by atoms with Crippen LogP contribution in [0.5, 0.6) is 0 Å². The summed E-state index contributed by atoms with van der Waals surface area (Å²) < 4.78 is 4.93. The maximum atomic E-state index is 4.93. The smallest absolute Gasteiger partial charge is 0.193 e. The third-order valence-electron chi connectivity index (χ3n) is 5.71. The number of para-hydroxylation sites is 1. The van der Waals surface area contributed by atoms with Crippen molar-refractivity contribution in [1.82, 2.24) is 25.3 Å². The van der Waals surface area contributed by atoms with Gasteiger partial charge >= 0.3 is 0 Å². The number of nitrogens with one attached hydrogen (secondary N) is 2. The topological polar surface area (TPSA) is 72.7 Å². The van der Waals surface area contributed by atoms with E-state index >= 15 is 0 Å². The second kappa shape index (κ2) is 9.13. The van der Waals surface area contributed by atoms with Crippen molar-refractivity contribution in [3.8, 4) is 0 Å². The summed E-state index contributed by atoms with van der Waals surface area (Å²) in [4.78, 5) is 12.7. The molecule has 2 aromatic heterocycles. The van der Waals surface area contributed by atoms with Crippen molar-refractivity contribution in [3.63, 3.8) is 0 Å². The Balaban J connectivity index is 1.28. The van der Waals surface area contributed by atoms with Crippen LogP contribution in [0.25, 0.3) is 10.9 Å². The van der Waals surface area contributed by atoms with E-state index in [1.54, 1.807) is 6.26 Å². The lowest BCUT2D eigenvalue weighted by molar-refractivity contribution is 0.169. The molecular weight excluding hydrogens is 364 g/mol. The van der Waals surface area contributed by atoms with Gasteiger partial charge in [0.2, 0.25) is 0 Å². The van der Waals surface area contributed by atoms with Gasteiger partial charge in [-0.1, -0.05) is 30.3 Å². The van der Waals surface area contributed by atoms with Crippen LogP contribution in [0, 0.1) is 0 Å². The molecule has 7 nitrogen and oxygen atoms in total. The Kier molecular flexibility index (Phi) is 6.14. The van der Waals surface area contributed by atoms with E-state index in [2.05, 4.69) is 61.6 Å². The van der Waals surface area contributed by atoms with Crippen LogP contribution in [0.15, 0.2) is 46.2 Å². The number of H-pyrrole nitrogens is 1. The average molecular weight is 395 g/mol. The molecule has 1 aliphatic heterocycles. The van der Waals surface area contributed by atoms with Crippen LogP contribution < -0.4 is 5.32 Å². The fraction of sp³-hybridized carbons (Fsp3) is 0.455. The van der Waals surface area contributed by atoms with Crippen molar-refractivity contribution < 1.29 is 4.52 Å². The zero-order chi connectivity index (χ0) is 20.1. The summed E-state index contributed by atoms with van der Waals surface area (Å²) in [5, 5.41) is 8.89. The number of benzene rings is 1. The molecule has 0 unspecified atom stereocenters. The van der Waals surface area contributed by atoms with E-state index in [1.807, 2.05) is 13.1 Å². The second-order valence-electron chi connectivity index (χ2n) is 7.49. The van der Waals surface area contributed by atoms with Crippen LogP contribution in [0.4, 0.5) is 0 Å². The van der Waals surface area contributed by atoms with Gasteiger partial charge in [-0.25, -0.2) is 0 Å². The molecule has 0 aliphatic carbocycles. The normalized spacial score (nSPS) is 15.9. The third-order valence-corrected chi connectivity index (χ3v) is 5.71. The zero-order valence-corrected chi connectivity index (χ0v) is 17.3. The summed E-state index contributed by atoms with van der Waals surface area (Å²) in [7, 11) is 1.86. The molecule has 0 amide bonds. The summed E-state index contributed by atoms with van der Waals surface area (Å²) in [6.07, 6.45) is 5.80. The lowest BCUT2D eigenvalue weighted by atomic mass is 10.1. The first kappa shape index (κ1) is 19.5.